The van der Waals surface area contributed by atoms with Crippen LogP contribution >= 0.6 is 0 Å². The van der Waals surface area contributed by atoms with Crippen molar-refractivity contribution in [3.8, 4) is 12.3 Å². The molecule has 0 aliphatic rings. The number of nitrogens with one attached hydrogen (secondary N) is 1. The number of terminal acetylenes is 1. The normalized spacial score (nSPS) is 12.0. The van der Waals surface area contributed by atoms with E-state index in [1.807, 2.05) is 6.07 Å². The van der Waals surface area contributed by atoms with Gasteiger partial charge in [0, 0.05) is 24.9 Å². The molecule has 14 heavy (non-hydrogen) atoms. The van der Waals surface area contributed by atoms with E-state index in [0.717, 1.165) is 18.7 Å². The zero-order valence-electron chi connectivity index (χ0n) is 8.40. The predicted molar refractivity (Wildman–Crippen MR) is 56.4 cm³/mol. The minimum absolute atomic E-state index is 0.365. The molecule has 3 heteroatoms. The molecule has 74 valence electrons. The fourth-order valence-electron chi connectivity index (χ4n) is 1.16. The third kappa shape index (κ3) is 3.55. The van der Waals surface area contributed by atoms with Crippen molar-refractivity contribution in [1.82, 2.24) is 15.3 Å². The van der Waals surface area contributed by atoms with Gasteiger partial charge in [0.15, 0.2) is 0 Å². The fraction of sp³-hybridized carbons (Fsp3) is 0.455. The van der Waals surface area contributed by atoms with Gasteiger partial charge in [-0.05, 0) is 12.5 Å². The minimum Gasteiger partial charge on any atom is -0.306 e. The molecule has 0 aliphatic heterocycles. The monoisotopic (exact) mass is 189 g/mol. The zero-order chi connectivity index (χ0) is 10.2. The lowest BCUT2D eigenvalue weighted by molar-refractivity contribution is 0.497. The van der Waals surface area contributed by atoms with Crippen LogP contribution in [0.2, 0.25) is 0 Å². The van der Waals surface area contributed by atoms with Gasteiger partial charge in [0.05, 0.1) is 6.54 Å². The minimum atomic E-state index is 0.365. The van der Waals surface area contributed by atoms with Crippen LogP contribution in [-0.2, 0) is 6.54 Å². The molecule has 0 fully saturated rings. The summed E-state index contributed by atoms with van der Waals surface area (Å²) in [4.78, 5) is 8.24. The highest BCUT2D eigenvalue weighted by Crippen LogP contribution is 1.97. The van der Waals surface area contributed by atoms with Gasteiger partial charge >= 0.3 is 0 Å². The van der Waals surface area contributed by atoms with Crippen molar-refractivity contribution < 1.29 is 0 Å². The van der Waals surface area contributed by atoms with Crippen molar-refractivity contribution in [2.24, 2.45) is 0 Å². The largest absolute Gasteiger partial charge is 0.306 e. The van der Waals surface area contributed by atoms with Crippen LogP contribution in [0.4, 0.5) is 0 Å². The van der Waals surface area contributed by atoms with Crippen LogP contribution in [0.25, 0.3) is 0 Å². The molecular weight excluding hydrogens is 174 g/mol. The smallest absolute Gasteiger partial charge is 0.141 e. The molecule has 0 amide bonds. The second kappa shape index (κ2) is 6.11. The molecule has 0 saturated carbocycles. The van der Waals surface area contributed by atoms with E-state index < -0.39 is 0 Å². The first-order valence-electron chi connectivity index (χ1n) is 4.79. The summed E-state index contributed by atoms with van der Waals surface area (Å²) in [5.41, 5.74) is 0. The molecule has 1 heterocycles. The van der Waals surface area contributed by atoms with Gasteiger partial charge in [0.25, 0.3) is 0 Å². The third-order valence-electron chi connectivity index (χ3n) is 2.03. The van der Waals surface area contributed by atoms with Gasteiger partial charge in [-0.1, -0.05) is 6.92 Å². The summed E-state index contributed by atoms with van der Waals surface area (Å²) in [5, 5.41) is 3.32. The average Bonchev–Trinajstić information content (AvgIpc) is 2.25. The van der Waals surface area contributed by atoms with E-state index in [-0.39, 0.29) is 0 Å². The van der Waals surface area contributed by atoms with E-state index in [0.29, 0.717) is 12.6 Å². The molecule has 1 N–H and O–H groups in total. The zero-order valence-corrected chi connectivity index (χ0v) is 8.40. The molecule has 0 radical (unpaired) electrons. The number of rotatable bonds is 5. The molecule has 1 unspecified atom stereocenters. The molecule has 0 spiro atoms. The molecule has 0 aliphatic carbocycles. The first-order valence-corrected chi connectivity index (χ1v) is 4.79. The first kappa shape index (κ1) is 10.7. The summed E-state index contributed by atoms with van der Waals surface area (Å²) >= 11 is 0. The molecule has 1 atom stereocenters. The summed E-state index contributed by atoms with van der Waals surface area (Å²) in [5.74, 6) is 3.46. The average molecular weight is 189 g/mol. The maximum atomic E-state index is 5.25. The van der Waals surface area contributed by atoms with Crippen molar-refractivity contribution in [3.05, 3.63) is 24.3 Å². The van der Waals surface area contributed by atoms with Crippen LogP contribution in [0.15, 0.2) is 18.5 Å². The Hall–Kier alpha value is -1.40. The van der Waals surface area contributed by atoms with Crippen LogP contribution in [0.5, 0.6) is 0 Å². The Morgan fingerprint density at radius 2 is 2.21 bits per heavy atom. The van der Waals surface area contributed by atoms with E-state index in [1.165, 1.54) is 0 Å². The quantitative estimate of drug-likeness (QED) is 0.711. The Morgan fingerprint density at radius 3 is 2.79 bits per heavy atom. The molecule has 1 aromatic rings. The van der Waals surface area contributed by atoms with Crippen molar-refractivity contribution in [3.63, 3.8) is 0 Å². The lowest BCUT2D eigenvalue weighted by atomic mass is 10.1. The highest BCUT2D eigenvalue weighted by molar-refractivity contribution is 4.92. The molecule has 1 rings (SSSR count). The molecule has 0 saturated heterocycles. The number of hydrogen-bond donors (Lipinski definition) is 1. The van der Waals surface area contributed by atoms with Gasteiger partial charge in [-0.15, -0.1) is 12.3 Å². The van der Waals surface area contributed by atoms with E-state index in [4.69, 9.17) is 6.42 Å². The Labute approximate surface area is 85.0 Å². The summed E-state index contributed by atoms with van der Waals surface area (Å²) in [6, 6.07) is 2.17. The van der Waals surface area contributed by atoms with Gasteiger partial charge < -0.3 is 5.32 Å². The van der Waals surface area contributed by atoms with E-state index >= 15 is 0 Å². The maximum absolute atomic E-state index is 5.25. The topological polar surface area (TPSA) is 37.8 Å². The fourth-order valence-corrected chi connectivity index (χ4v) is 1.16. The Kier molecular flexibility index (Phi) is 4.66. The molecular formula is C11H15N3. The standard InChI is InChI=1S/C11H15N3/c1-3-6-10(4-2)14-9-11-12-7-5-8-13-11/h1,5,7-8,10,14H,4,6,9H2,2H3. The Bertz CT molecular complexity index is 289. The summed E-state index contributed by atoms with van der Waals surface area (Å²) in [6.45, 7) is 2.79. The maximum Gasteiger partial charge on any atom is 0.141 e. The van der Waals surface area contributed by atoms with Gasteiger partial charge in [-0.2, -0.15) is 0 Å². The second-order valence-corrected chi connectivity index (χ2v) is 3.06. The first-order chi connectivity index (χ1) is 6.86. The highest BCUT2D eigenvalue weighted by atomic mass is 15.0. The molecule has 0 aromatic carbocycles. The molecule has 1 aromatic heterocycles. The van der Waals surface area contributed by atoms with Crippen molar-refractivity contribution >= 4 is 0 Å². The SMILES string of the molecule is C#CCC(CC)NCc1ncccn1. The van der Waals surface area contributed by atoms with Gasteiger partial charge in [-0.25, -0.2) is 9.97 Å². The lowest BCUT2D eigenvalue weighted by Gasteiger charge is -2.12. The highest BCUT2D eigenvalue weighted by Gasteiger charge is 2.03. The van der Waals surface area contributed by atoms with Crippen molar-refractivity contribution in [2.45, 2.75) is 32.4 Å². The van der Waals surface area contributed by atoms with E-state index in [1.54, 1.807) is 12.4 Å². The Balaban J connectivity index is 2.36. The van der Waals surface area contributed by atoms with E-state index in [9.17, 15) is 0 Å². The predicted octanol–water partition coefficient (Wildman–Crippen LogP) is 1.37. The van der Waals surface area contributed by atoms with Gasteiger partial charge in [0.2, 0.25) is 0 Å². The lowest BCUT2D eigenvalue weighted by Crippen LogP contribution is -2.28. The number of nitrogens with zero attached hydrogens (tertiary/aromatic N) is 2. The van der Waals surface area contributed by atoms with Crippen molar-refractivity contribution in [2.75, 3.05) is 0 Å². The van der Waals surface area contributed by atoms with Crippen LogP contribution in [-0.4, -0.2) is 16.0 Å². The van der Waals surface area contributed by atoms with Crippen LogP contribution < -0.4 is 5.32 Å². The van der Waals surface area contributed by atoms with Gasteiger partial charge in [0.1, 0.15) is 5.82 Å². The Morgan fingerprint density at radius 1 is 1.50 bits per heavy atom. The van der Waals surface area contributed by atoms with Crippen LogP contribution in [0, 0.1) is 12.3 Å². The summed E-state index contributed by atoms with van der Waals surface area (Å²) in [6.07, 6.45) is 10.5. The van der Waals surface area contributed by atoms with Gasteiger partial charge in [-0.3, -0.25) is 0 Å². The number of hydrogen-bond acceptors (Lipinski definition) is 3. The number of aromatic nitrogens is 2. The van der Waals surface area contributed by atoms with Crippen LogP contribution in [0.1, 0.15) is 25.6 Å². The molecule has 0 bridgehead atoms. The van der Waals surface area contributed by atoms with Crippen LogP contribution in [0.3, 0.4) is 0 Å². The van der Waals surface area contributed by atoms with E-state index in [2.05, 4.69) is 28.1 Å². The third-order valence-corrected chi connectivity index (χ3v) is 2.03. The summed E-state index contributed by atoms with van der Waals surface area (Å²) < 4.78 is 0. The summed E-state index contributed by atoms with van der Waals surface area (Å²) in [7, 11) is 0. The van der Waals surface area contributed by atoms with Crippen molar-refractivity contribution in [1.29, 1.82) is 0 Å². The molecule has 3 nitrogen and oxygen atoms in total. The second-order valence-electron chi connectivity index (χ2n) is 3.06.